The SMILES string of the molecule is Cc1ccc(NC(=O)NCCN)cc1C. The van der Waals surface area contributed by atoms with Crippen molar-refractivity contribution in [3.8, 4) is 0 Å². The van der Waals surface area contributed by atoms with Gasteiger partial charge in [0.25, 0.3) is 0 Å². The highest BCUT2D eigenvalue weighted by Gasteiger charge is 2.01. The van der Waals surface area contributed by atoms with Crippen molar-refractivity contribution in [2.75, 3.05) is 18.4 Å². The maximum Gasteiger partial charge on any atom is 0.319 e. The molecule has 4 nitrogen and oxygen atoms in total. The van der Waals surface area contributed by atoms with Crippen molar-refractivity contribution in [1.29, 1.82) is 0 Å². The average Bonchev–Trinajstić information content (AvgIpc) is 2.20. The predicted octanol–water partition coefficient (Wildman–Crippen LogP) is 1.38. The van der Waals surface area contributed by atoms with Crippen molar-refractivity contribution in [3.63, 3.8) is 0 Å². The summed E-state index contributed by atoms with van der Waals surface area (Å²) in [4.78, 5) is 11.3. The van der Waals surface area contributed by atoms with Crippen molar-refractivity contribution < 1.29 is 4.79 Å². The third-order valence-electron chi connectivity index (χ3n) is 2.19. The summed E-state index contributed by atoms with van der Waals surface area (Å²) in [5.74, 6) is 0. The van der Waals surface area contributed by atoms with Crippen molar-refractivity contribution in [2.24, 2.45) is 5.73 Å². The molecule has 15 heavy (non-hydrogen) atoms. The average molecular weight is 207 g/mol. The highest BCUT2D eigenvalue weighted by Crippen LogP contribution is 2.13. The molecule has 0 saturated heterocycles. The smallest absolute Gasteiger partial charge is 0.319 e. The van der Waals surface area contributed by atoms with Crippen LogP contribution in [-0.2, 0) is 0 Å². The van der Waals surface area contributed by atoms with E-state index in [0.717, 1.165) is 11.3 Å². The number of rotatable bonds is 3. The molecular weight excluding hydrogens is 190 g/mol. The Morgan fingerprint density at radius 1 is 1.33 bits per heavy atom. The summed E-state index contributed by atoms with van der Waals surface area (Å²) in [6.45, 7) is 4.98. The molecule has 0 aliphatic rings. The molecule has 0 unspecified atom stereocenters. The number of urea groups is 1. The molecule has 0 aliphatic heterocycles. The monoisotopic (exact) mass is 207 g/mol. The Labute approximate surface area is 89.9 Å². The van der Waals surface area contributed by atoms with Crippen LogP contribution in [0.3, 0.4) is 0 Å². The molecule has 0 heterocycles. The van der Waals surface area contributed by atoms with Crippen molar-refractivity contribution in [3.05, 3.63) is 29.3 Å². The first-order chi connectivity index (χ1) is 7.13. The van der Waals surface area contributed by atoms with E-state index in [1.54, 1.807) is 0 Å². The van der Waals surface area contributed by atoms with E-state index in [1.807, 2.05) is 32.0 Å². The van der Waals surface area contributed by atoms with Crippen LogP contribution in [0.25, 0.3) is 0 Å². The Bertz CT molecular complexity index is 350. The van der Waals surface area contributed by atoms with Gasteiger partial charge in [-0.1, -0.05) is 6.07 Å². The molecule has 1 aromatic rings. The third kappa shape index (κ3) is 3.59. The first-order valence-corrected chi connectivity index (χ1v) is 4.95. The Balaban J connectivity index is 2.57. The number of benzene rings is 1. The van der Waals surface area contributed by atoms with Gasteiger partial charge in [-0.25, -0.2) is 4.79 Å². The van der Waals surface area contributed by atoms with E-state index in [-0.39, 0.29) is 6.03 Å². The zero-order valence-corrected chi connectivity index (χ0v) is 9.13. The van der Waals surface area contributed by atoms with Crippen LogP contribution in [0.15, 0.2) is 18.2 Å². The number of anilines is 1. The molecule has 0 saturated carbocycles. The zero-order chi connectivity index (χ0) is 11.3. The Kier molecular flexibility index (Phi) is 4.12. The van der Waals surface area contributed by atoms with Crippen molar-refractivity contribution >= 4 is 11.7 Å². The molecule has 0 aromatic heterocycles. The molecule has 1 rings (SSSR count). The van der Waals surface area contributed by atoms with E-state index in [9.17, 15) is 4.79 Å². The van der Waals surface area contributed by atoms with E-state index in [1.165, 1.54) is 5.56 Å². The van der Waals surface area contributed by atoms with Gasteiger partial charge < -0.3 is 16.4 Å². The lowest BCUT2D eigenvalue weighted by atomic mass is 10.1. The lowest BCUT2D eigenvalue weighted by molar-refractivity contribution is 0.252. The number of carbonyl (C=O) groups excluding carboxylic acids is 1. The molecule has 82 valence electrons. The Hall–Kier alpha value is -1.55. The summed E-state index contributed by atoms with van der Waals surface area (Å²) < 4.78 is 0. The van der Waals surface area contributed by atoms with Crippen molar-refractivity contribution in [1.82, 2.24) is 5.32 Å². The quantitative estimate of drug-likeness (QED) is 0.701. The van der Waals surface area contributed by atoms with Gasteiger partial charge in [-0.2, -0.15) is 0 Å². The van der Waals surface area contributed by atoms with Crippen LogP contribution in [0.4, 0.5) is 10.5 Å². The van der Waals surface area contributed by atoms with Crippen molar-refractivity contribution in [2.45, 2.75) is 13.8 Å². The molecule has 4 heteroatoms. The highest BCUT2D eigenvalue weighted by molar-refractivity contribution is 5.89. The van der Waals surface area contributed by atoms with Crippen LogP contribution in [0, 0.1) is 13.8 Å². The number of nitrogens with one attached hydrogen (secondary N) is 2. The molecule has 0 bridgehead atoms. The predicted molar refractivity (Wildman–Crippen MR) is 62.0 cm³/mol. The molecule has 2 amide bonds. The van der Waals surface area contributed by atoms with Gasteiger partial charge >= 0.3 is 6.03 Å². The molecule has 0 atom stereocenters. The molecule has 0 radical (unpaired) electrons. The van der Waals surface area contributed by atoms with Crippen LogP contribution in [0.1, 0.15) is 11.1 Å². The summed E-state index contributed by atoms with van der Waals surface area (Å²) in [5.41, 5.74) is 8.44. The van der Waals surface area contributed by atoms with Crippen LogP contribution >= 0.6 is 0 Å². The van der Waals surface area contributed by atoms with Gasteiger partial charge in [-0.3, -0.25) is 0 Å². The number of nitrogens with two attached hydrogens (primary N) is 1. The topological polar surface area (TPSA) is 67.2 Å². The van der Waals surface area contributed by atoms with E-state index in [0.29, 0.717) is 13.1 Å². The van der Waals surface area contributed by atoms with Crippen LogP contribution < -0.4 is 16.4 Å². The summed E-state index contributed by atoms with van der Waals surface area (Å²) in [6, 6.07) is 5.58. The molecule has 0 spiro atoms. The van der Waals surface area contributed by atoms with Crippen LogP contribution in [-0.4, -0.2) is 19.1 Å². The zero-order valence-electron chi connectivity index (χ0n) is 9.13. The number of hydrogen-bond donors (Lipinski definition) is 3. The molecule has 0 aliphatic carbocycles. The van der Waals surface area contributed by atoms with E-state index < -0.39 is 0 Å². The first-order valence-electron chi connectivity index (χ1n) is 4.95. The standard InChI is InChI=1S/C11H17N3O/c1-8-3-4-10(7-9(8)2)14-11(15)13-6-5-12/h3-4,7H,5-6,12H2,1-2H3,(H2,13,14,15). The lowest BCUT2D eigenvalue weighted by Gasteiger charge is -2.08. The van der Waals surface area contributed by atoms with Gasteiger partial charge in [0.15, 0.2) is 0 Å². The summed E-state index contributed by atoms with van der Waals surface area (Å²) >= 11 is 0. The first kappa shape index (κ1) is 11.5. The molecule has 0 fully saturated rings. The third-order valence-corrected chi connectivity index (χ3v) is 2.19. The second-order valence-electron chi connectivity index (χ2n) is 3.47. The fourth-order valence-electron chi connectivity index (χ4n) is 1.18. The number of carbonyl (C=O) groups is 1. The van der Waals surface area contributed by atoms with E-state index in [4.69, 9.17) is 5.73 Å². The maximum absolute atomic E-state index is 11.3. The second-order valence-corrected chi connectivity index (χ2v) is 3.47. The molecular formula is C11H17N3O. The fraction of sp³-hybridized carbons (Fsp3) is 0.364. The van der Waals surface area contributed by atoms with E-state index in [2.05, 4.69) is 10.6 Å². The fourth-order valence-corrected chi connectivity index (χ4v) is 1.18. The highest BCUT2D eigenvalue weighted by atomic mass is 16.2. The van der Waals surface area contributed by atoms with Gasteiger partial charge in [0, 0.05) is 18.8 Å². The largest absolute Gasteiger partial charge is 0.337 e. The molecule has 1 aromatic carbocycles. The minimum atomic E-state index is -0.219. The minimum absolute atomic E-state index is 0.219. The van der Waals surface area contributed by atoms with Gasteiger partial charge in [0.2, 0.25) is 0 Å². The second kappa shape index (κ2) is 5.36. The Morgan fingerprint density at radius 3 is 2.67 bits per heavy atom. The Morgan fingerprint density at radius 2 is 2.07 bits per heavy atom. The summed E-state index contributed by atoms with van der Waals surface area (Å²) in [5, 5.41) is 5.38. The van der Waals surface area contributed by atoms with Gasteiger partial charge in [0.1, 0.15) is 0 Å². The summed E-state index contributed by atoms with van der Waals surface area (Å²) in [6.07, 6.45) is 0. The number of aryl methyl sites for hydroxylation is 2. The molecule has 4 N–H and O–H groups in total. The van der Waals surface area contributed by atoms with Gasteiger partial charge in [-0.15, -0.1) is 0 Å². The normalized spacial score (nSPS) is 9.80. The maximum atomic E-state index is 11.3. The number of amides is 2. The van der Waals surface area contributed by atoms with Gasteiger partial charge in [0.05, 0.1) is 0 Å². The summed E-state index contributed by atoms with van der Waals surface area (Å²) in [7, 11) is 0. The van der Waals surface area contributed by atoms with E-state index >= 15 is 0 Å². The van der Waals surface area contributed by atoms with Crippen LogP contribution in [0.5, 0.6) is 0 Å². The minimum Gasteiger partial charge on any atom is -0.337 e. The van der Waals surface area contributed by atoms with Gasteiger partial charge in [-0.05, 0) is 37.1 Å². The number of hydrogen-bond acceptors (Lipinski definition) is 2. The van der Waals surface area contributed by atoms with Crippen LogP contribution in [0.2, 0.25) is 0 Å². The lowest BCUT2D eigenvalue weighted by Crippen LogP contribution is -2.32.